The van der Waals surface area contributed by atoms with Gasteiger partial charge in [-0.3, -0.25) is 9.59 Å². The molecule has 8 nitrogen and oxygen atoms in total. The first-order valence-corrected chi connectivity index (χ1v) is 9.93. The Kier molecular flexibility index (Phi) is 5.19. The summed E-state index contributed by atoms with van der Waals surface area (Å²) in [5, 5.41) is 11.7. The molecule has 0 aliphatic carbocycles. The number of amides is 2. The fourth-order valence-electron chi connectivity index (χ4n) is 3.02. The van der Waals surface area contributed by atoms with Crippen molar-refractivity contribution in [1.29, 1.82) is 0 Å². The van der Waals surface area contributed by atoms with Crippen molar-refractivity contribution in [3.05, 3.63) is 59.7 Å². The van der Waals surface area contributed by atoms with E-state index < -0.39 is 33.8 Å². The zero-order chi connectivity index (χ0) is 20.5. The Morgan fingerprint density at radius 1 is 1.11 bits per heavy atom. The van der Waals surface area contributed by atoms with Crippen molar-refractivity contribution in [2.24, 2.45) is 0 Å². The third kappa shape index (κ3) is 3.61. The Labute approximate surface area is 161 Å². The molecule has 1 saturated heterocycles. The summed E-state index contributed by atoms with van der Waals surface area (Å²) in [6, 6.07) is 10.5. The molecule has 146 valence electrons. The first-order chi connectivity index (χ1) is 13.2. The molecule has 1 aliphatic rings. The smallest absolute Gasteiger partial charge is 0.337 e. The number of carbonyl (C=O) groups excluding carboxylic acids is 2. The second kappa shape index (κ2) is 7.43. The van der Waals surface area contributed by atoms with E-state index in [1.54, 1.807) is 25.1 Å². The fourth-order valence-corrected chi connectivity index (χ4v) is 4.62. The molecule has 2 aromatic carbocycles. The lowest BCUT2D eigenvalue weighted by molar-refractivity contribution is -0.128. The number of carbonyl (C=O) groups is 3. The highest BCUT2D eigenvalue weighted by Gasteiger charge is 2.44. The number of aromatic carboxylic acids is 1. The highest BCUT2D eigenvalue weighted by molar-refractivity contribution is 7.89. The van der Waals surface area contributed by atoms with Gasteiger partial charge in [0, 0.05) is 6.42 Å². The molecule has 1 heterocycles. The van der Waals surface area contributed by atoms with Crippen LogP contribution in [0.1, 0.15) is 28.8 Å². The summed E-state index contributed by atoms with van der Waals surface area (Å²) in [5.74, 6) is -2.66. The van der Waals surface area contributed by atoms with E-state index >= 15 is 0 Å². The molecule has 1 aliphatic heterocycles. The Bertz CT molecular complexity index is 1050. The molecule has 3 rings (SSSR count). The number of benzene rings is 2. The van der Waals surface area contributed by atoms with Crippen LogP contribution in [0.25, 0.3) is 0 Å². The number of anilines is 1. The van der Waals surface area contributed by atoms with Crippen LogP contribution in [0.3, 0.4) is 0 Å². The van der Waals surface area contributed by atoms with E-state index in [9.17, 15) is 27.9 Å². The van der Waals surface area contributed by atoms with Crippen LogP contribution >= 0.6 is 0 Å². The van der Waals surface area contributed by atoms with E-state index in [0.717, 1.165) is 5.56 Å². The van der Waals surface area contributed by atoms with Gasteiger partial charge in [-0.05, 0) is 37.6 Å². The van der Waals surface area contributed by atoms with Crippen molar-refractivity contribution in [3.63, 3.8) is 0 Å². The Morgan fingerprint density at radius 2 is 1.75 bits per heavy atom. The fraction of sp³-hybridized carbons (Fsp3) is 0.211. The molecule has 0 bridgehead atoms. The summed E-state index contributed by atoms with van der Waals surface area (Å²) in [6.45, 7) is 1.80. The highest BCUT2D eigenvalue weighted by Crippen LogP contribution is 2.28. The summed E-state index contributed by atoms with van der Waals surface area (Å²) in [4.78, 5) is 36.2. The minimum atomic E-state index is -4.21. The lowest BCUT2D eigenvalue weighted by atomic mass is 10.1. The maximum atomic E-state index is 12.9. The predicted octanol–water partition coefficient (Wildman–Crippen LogP) is 2.01. The molecule has 0 saturated carbocycles. The quantitative estimate of drug-likeness (QED) is 0.789. The predicted molar refractivity (Wildman–Crippen MR) is 100 cm³/mol. The number of carboxylic acids is 1. The lowest BCUT2D eigenvalue weighted by Crippen LogP contribution is -2.45. The van der Waals surface area contributed by atoms with Gasteiger partial charge in [0.1, 0.15) is 6.04 Å². The molecule has 0 unspecified atom stereocenters. The van der Waals surface area contributed by atoms with Crippen molar-refractivity contribution < 1.29 is 27.9 Å². The molecule has 2 N–H and O–H groups in total. The monoisotopic (exact) mass is 402 g/mol. The summed E-state index contributed by atoms with van der Waals surface area (Å²) in [6.07, 6.45) is -0.0747. The first-order valence-electron chi connectivity index (χ1n) is 8.49. The van der Waals surface area contributed by atoms with Gasteiger partial charge in [-0.2, -0.15) is 0 Å². The lowest BCUT2D eigenvalue weighted by Gasteiger charge is -2.24. The second-order valence-electron chi connectivity index (χ2n) is 6.40. The maximum absolute atomic E-state index is 12.9. The third-order valence-corrected chi connectivity index (χ3v) is 6.30. The Balaban J connectivity index is 1.91. The standard InChI is InChI=1S/C19H18N2O6S/c1-12-6-8-13(9-7-12)28(26,27)21-16(10-11-17(21)22)18(23)20-15-5-3-2-4-14(15)19(24)25/h2-9,16H,10-11H2,1H3,(H,20,23)(H,24,25)/t16-/m0/s1. The number of aryl methyl sites for hydroxylation is 1. The third-order valence-electron chi connectivity index (χ3n) is 4.46. The van der Waals surface area contributed by atoms with Gasteiger partial charge < -0.3 is 10.4 Å². The summed E-state index contributed by atoms with van der Waals surface area (Å²) >= 11 is 0. The van der Waals surface area contributed by atoms with Gasteiger partial charge in [-0.25, -0.2) is 17.5 Å². The summed E-state index contributed by atoms with van der Waals surface area (Å²) in [7, 11) is -4.21. The van der Waals surface area contributed by atoms with Crippen LogP contribution in [0.15, 0.2) is 53.4 Å². The Morgan fingerprint density at radius 3 is 2.39 bits per heavy atom. The number of rotatable bonds is 5. The number of nitrogens with zero attached hydrogens (tertiary/aromatic N) is 1. The van der Waals surface area contributed by atoms with Crippen LogP contribution in [0, 0.1) is 6.92 Å². The maximum Gasteiger partial charge on any atom is 0.337 e. The van der Waals surface area contributed by atoms with E-state index in [1.165, 1.54) is 30.3 Å². The van der Waals surface area contributed by atoms with E-state index in [4.69, 9.17) is 0 Å². The minimum absolute atomic E-state index is 0.0188. The van der Waals surface area contributed by atoms with Crippen molar-refractivity contribution in [3.8, 4) is 0 Å². The number of carboxylic acid groups (broad SMARTS) is 1. The Hall–Kier alpha value is -3.20. The molecule has 28 heavy (non-hydrogen) atoms. The zero-order valence-corrected chi connectivity index (χ0v) is 15.8. The molecule has 0 radical (unpaired) electrons. The number of nitrogens with one attached hydrogen (secondary N) is 1. The highest BCUT2D eigenvalue weighted by atomic mass is 32.2. The first kappa shape index (κ1) is 19.6. The van der Waals surface area contributed by atoms with Gasteiger partial charge in [0.25, 0.3) is 10.0 Å². The van der Waals surface area contributed by atoms with Crippen LogP contribution < -0.4 is 5.32 Å². The average Bonchev–Trinajstić information content (AvgIpc) is 3.05. The SMILES string of the molecule is Cc1ccc(S(=O)(=O)N2C(=O)CC[C@H]2C(=O)Nc2ccccc2C(=O)O)cc1. The average molecular weight is 402 g/mol. The number of sulfonamides is 1. The van der Waals surface area contributed by atoms with Crippen LogP contribution in [0.5, 0.6) is 0 Å². The van der Waals surface area contributed by atoms with Crippen LogP contribution in [-0.4, -0.2) is 41.7 Å². The topological polar surface area (TPSA) is 121 Å². The van der Waals surface area contributed by atoms with Gasteiger partial charge in [0.2, 0.25) is 11.8 Å². The van der Waals surface area contributed by atoms with Crippen molar-refractivity contribution >= 4 is 33.5 Å². The van der Waals surface area contributed by atoms with E-state index in [0.29, 0.717) is 4.31 Å². The molecular formula is C19H18N2O6S. The largest absolute Gasteiger partial charge is 0.478 e. The van der Waals surface area contributed by atoms with E-state index in [1.807, 2.05) is 0 Å². The molecule has 2 amide bonds. The molecule has 1 atom stereocenters. The van der Waals surface area contributed by atoms with E-state index in [-0.39, 0.29) is 29.0 Å². The number of hydrogen-bond donors (Lipinski definition) is 2. The van der Waals surface area contributed by atoms with Crippen LogP contribution in [-0.2, 0) is 19.6 Å². The van der Waals surface area contributed by atoms with Crippen LogP contribution in [0.4, 0.5) is 5.69 Å². The normalized spacial score (nSPS) is 16.8. The van der Waals surface area contributed by atoms with Crippen LogP contribution in [0.2, 0.25) is 0 Å². The van der Waals surface area contributed by atoms with Gasteiger partial charge >= 0.3 is 5.97 Å². The summed E-state index contributed by atoms with van der Waals surface area (Å²) < 4.78 is 26.5. The minimum Gasteiger partial charge on any atom is -0.478 e. The summed E-state index contributed by atoms with van der Waals surface area (Å²) in [5.41, 5.74) is 0.756. The molecule has 0 spiro atoms. The number of hydrogen-bond acceptors (Lipinski definition) is 5. The molecule has 0 aromatic heterocycles. The molecule has 9 heteroatoms. The van der Waals surface area contributed by atoms with Crippen molar-refractivity contribution in [2.75, 3.05) is 5.32 Å². The molecule has 1 fully saturated rings. The molecule has 2 aromatic rings. The molecular weight excluding hydrogens is 384 g/mol. The van der Waals surface area contributed by atoms with Gasteiger partial charge in [0.15, 0.2) is 0 Å². The zero-order valence-electron chi connectivity index (χ0n) is 15.0. The van der Waals surface area contributed by atoms with Gasteiger partial charge in [-0.15, -0.1) is 0 Å². The van der Waals surface area contributed by atoms with E-state index in [2.05, 4.69) is 5.32 Å². The second-order valence-corrected chi connectivity index (χ2v) is 8.22. The van der Waals surface area contributed by atoms with Gasteiger partial charge in [0.05, 0.1) is 16.1 Å². The van der Waals surface area contributed by atoms with Gasteiger partial charge in [-0.1, -0.05) is 29.8 Å². The number of para-hydroxylation sites is 1. The van der Waals surface area contributed by atoms with Crippen molar-refractivity contribution in [2.45, 2.75) is 30.7 Å². The van der Waals surface area contributed by atoms with Crippen molar-refractivity contribution in [1.82, 2.24) is 4.31 Å².